The third-order valence-corrected chi connectivity index (χ3v) is 3.09. The van der Waals surface area contributed by atoms with Gasteiger partial charge in [0.25, 0.3) is 0 Å². The minimum Gasteiger partial charge on any atom is -0.454 e. The number of halogens is 2. The van der Waals surface area contributed by atoms with Gasteiger partial charge in [0.2, 0.25) is 0 Å². The van der Waals surface area contributed by atoms with Crippen LogP contribution in [0.25, 0.3) is 0 Å². The van der Waals surface area contributed by atoms with Crippen LogP contribution >= 0.6 is 39.7 Å². The van der Waals surface area contributed by atoms with Crippen molar-refractivity contribution in [1.29, 1.82) is 0 Å². The fourth-order valence-corrected chi connectivity index (χ4v) is 2.00. The average molecular weight is 344 g/mol. The first-order valence-corrected chi connectivity index (χ1v) is 6.52. The molecule has 0 amide bonds. The van der Waals surface area contributed by atoms with Gasteiger partial charge in [-0.25, -0.2) is 0 Å². The molecule has 6 heteroatoms. The van der Waals surface area contributed by atoms with Gasteiger partial charge in [-0.3, -0.25) is 4.98 Å². The monoisotopic (exact) mass is 342 g/mol. The highest BCUT2D eigenvalue weighted by Crippen LogP contribution is 2.30. The molecule has 0 saturated carbocycles. The van der Waals surface area contributed by atoms with E-state index in [0.717, 1.165) is 4.47 Å². The summed E-state index contributed by atoms with van der Waals surface area (Å²) >= 11 is 14.3. The van der Waals surface area contributed by atoms with Crippen LogP contribution < -0.4 is 10.5 Å². The third-order valence-electron chi connectivity index (χ3n) is 2.12. The lowest BCUT2D eigenvalue weighted by molar-refractivity contribution is 0.480. The zero-order valence-electron chi connectivity index (χ0n) is 9.06. The van der Waals surface area contributed by atoms with Crippen molar-refractivity contribution in [2.24, 2.45) is 5.73 Å². The number of benzene rings is 1. The number of ether oxygens (including phenoxy) is 1. The molecule has 0 radical (unpaired) electrons. The van der Waals surface area contributed by atoms with E-state index in [0.29, 0.717) is 27.1 Å². The van der Waals surface area contributed by atoms with Crippen molar-refractivity contribution in [3.05, 3.63) is 51.7 Å². The number of hydrogen-bond acceptors (Lipinski definition) is 3. The summed E-state index contributed by atoms with van der Waals surface area (Å²) in [5.74, 6) is 1.12. The number of hydrogen-bond donors (Lipinski definition) is 1. The topological polar surface area (TPSA) is 48.1 Å². The van der Waals surface area contributed by atoms with Crippen molar-refractivity contribution in [2.45, 2.75) is 0 Å². The Morgan fingerprint density at radius 1 is 1.33 bits per heavy atom. The van der Waals surface area contributed by atoms with Crippen LogP contribution in [0.3, 0.4) is 0 Å². The SMILES string of the molecule is NC(=S)c1ccc(Oc2cncc(Br)c2)c(Cl)c1. The second-order valence-corrected chi connectivity index (χ2v) is 5.21. The van der Waals surface area contributed by atoms with Gasteiger partial charge in [-0.2, -0.15) is 0 Å². The van der Waals surface area contributed by atoms with Gasteiger partial charge in [0.15, 0.2) is 0 Å². The fraction of sp³-hybridized carbons (Fsp3) is 0. The molecule has 0 saturated heterocycles. The normalized spacial score (nSPS) is 10.1. The smallest absolute Gasteiger partial charge is 0.146 e. The second kappa shape index (κ2) is 5.65. The minimum absolute atomic E-state index is 0.299. The summed E-state index contributed by atoms with van der Waals surface area (Å²) in [6, 6.07) is 6.95. The Bertz CT molecular complexity index is 606. The summed E-state index contributed by atoms with van der Waals surface area (Å²) < 4.78 is 6.45. The predicted octanol–water partition coefficient (Wildman–Crippen LogP) is 3.92. The van der Waals surface area contributed by atoms with E-state index in [-0.39, 0.29) is 0 Å². The number of aromatic nitrogens is 1. The molecule has 1 heterocycles. The van der Waals surface area contributed by atoms with E-state index < -0.39 is 0 Å². The van der Waals surface area contributed by atoms with Crippen LogP contribution in [-0.4, -0.2) is 9.97 Å². The Labute approximate surface area is 123 Å². The Kier molecular flexibility index (Phi) is 4.16. The molecule has 1 aromatic heterocycles. The number of pyridine rings is 1. The van der Waals surface area contributed by atoms with Gasteiger partial charge in [-0.1, -0.05) is 23.8 Å². The van der Waals surface area contributed by atoms with Crippen LogP contribution in [0.4, 0.5) is 0 Å². The number of thiocarbonyl (C=S) groups is 1. The molecule has 18 heavy (non-hydrogen) atoms. The lowest BCUT2D eigenvalue weighted by Gasteiger charge is -2.08. The van der Waals surface area contributed by atoms with Crippen LogP contribution in [0.15, 0.2) is 41.1 Å². The Hall–Kier alpha value is -1.17. The molecule has 0 unspecified atom stereocenters. The highest BCUT2D eigenvalue weighted by molar-refractivity contribution is 9.10. The molecular formula is C12H8BrClN2OS. The number of nitrogens with zero attached hydrogens (tertiary/aromatic N) is 1. The summed E-state index contributed by atoms with van der Waals surface area (Å²) in [5, 5.41) is 0.445. The van der Waals surface area contributed by atoms with Gasteiger partial charge in [0.05, 0.1) is 11.2 Å². The molecule has 92 valence electrons. The molecule has 2 N–H and O–H groups in total. The third kappa shape index (κ3) is 3.19. The largest absolute Gasteiger partial charge is 0.454 e. The van der Waals surface area contributed by atoms with E-state index in [1.807, 2.05) is 0 Å². The molecular weight excluding hydrogens is 336 g/mol. The van der Waals surface area contributed by atoms with Gasteiger partial charge in [-0.05, 0) is 40.2 Å². The van der Waals surface area contributed by atoms with Crippen molar-refractivity contribution in [1.82, 2.24) is 4.98 Å². The van der Waals surface area contributed by atoms with Gasteiger partial charge in [-0.15, -0.1) is 0 Å². The van der Waals surface area contributed by atoms with E-state index in [4.69, 9.17) is 34.3 Å². The van der Waals surface area contributed by atoms with Gasteiger partial charge in [0, 0.05) is 16.2 Å². The zero-order valence-corrected chi connectivity index (χ0v) is 12.2. The van der Waals surface area contributed by atoms with Crippen LogP contribution in [0.5, 0.6) is 11.5 Å². The summed E-state index contributed by atoms with van der Waals surface area (Å²) in [5.41, 5.74) is 6.22. The molecule has 0 aliphatic heterocycles. The molecule has 2 rings (SSSR count). The molecule has 0 aliphatic carbocycles. The van der Waals surface area contributed by atoms with Crippen LogP contribution in [-0.2, 0) is 0 Å². The zero-order chi connectivity index (χ0) is 13.1. The van der Waals surface area contributed by atoms with E-state index in [2.05, 4.69) is 20.9 Å². The predicted molar refractivity (Wildman–Crippen MR) is 79.4 cm³/mol. The quantitative estimate of drug-likeness (QED) is 0.858. The lowest BCUT2D eigenvalue weighted by Crippen LogP contribution is -2.08. The molecule has 1 aromatic carbocycles. The summed E-state index contributed by atoms with van der Waals surface area (Å²) in [4.78, 5) is 4.30. The molecule has 0 atom stereocenters. The van der Waals surface area contributed by atoms with Crippen LogP contribution in [0.1, 0.15) is 5.56 Å². The minimum atomic E-state index is 0.299. The first-order valence-electron chi connectivity index (χ1n) is 4.94. The standard InChI is InChI=1S/C12H8BrClN2OS/c13-8-4-9(6-16-5-8)17-11-2-1-7(12(15)18)3-10(11)14/h1-6H,(H2,15,18). The summed E-state index contributed by atoms with van der Waals surface area (Å²) in [6.45, 7) is 0. The van der Waals surface area contributed by atoms with Gasteiger partial charge < -0.3 is 10.5 Å². The van der Waals surface area contributed by atoms with Gasteiger partial charge >= 0.3 is 0 Å². The first kappa shape index (κ1) is 13.3. The lowest BCUT2D eigenvalue weighted by atomic mass is 10.2. The summed E-state index contributed by atoms with van der Waals surface area (Å²) in [7, 11) is 0. The van der Waals surface area contributed by atoms with Gasteiger partial charge in [0.1, 0.15) is 16.5 Å². The van der Waals surface area contributed by atoms with Crippen molar-refractivity contribution >= 4 is 44.7 Å². The maximum Gasteiger partial charge on any atom is 0.146 e. The Morgan fingerprint density at radius 3 is 2.72 bits per heavy atom. The van der Waals surface area contributed by atoms with Crippen molar-refractivity contribution in [2.75, 3.05) is 0 Å². The van der Waals surface area contributed by atoms with Crippen LogP contribution in [0, 0.1) is 0 Å². The molecule has 0 spiro atoms. The van der Waals surface area contributed by atoms with E-state index in [9.17, 15) is 0 Å². The number of rotatable bonds is 3. The Morgan fingerprint density at radius 2 is 2.11 bits per heavy atom. The highest BCUT2D eigenvalue weighted by Gasteiger charge is 2.06. The fourth-order valence-electron chi connectivity index (χ4n) is 1.31. The number of nitrogens with two attached hydrogens (primary N) is 1. The molecule has 0 bridgehead atoms. The van der Waals surface area contributed by atoms with Crippen molar-refractivity contribution in [3.63, 3.8) is 0 Å². The molecule has 0 aliphatic rings. The Balaban J connectivity index is 2.27. The maximum atomic E-state index is 6.09. The molecule has 2 aromatic rings. The van der Waals surface area contributed by atoms with Crippen molar-refractivity contribution < 1.29 is 4.74 Å². The van der Waals surface area contributed by atoms with Crippen molar-refractivity contribution in [3.8, 4) is 11.5 Å². The maximum absolute atomic E-state index is 6.09. The summed E-state index contributed by atoms with van der Waals surface area (Å²) in [6.07, 6.45) is 3.27. The average Bonchev–Trinajstić information content (AvgIpc) is 2.31. The van der Waals surface area contributed by atoms with E-state index in [1.165, 1.54) is 0 Å². The van der Waals surface area contributed by atoms with Crippen LogP contribution in [0.2, 0.25) is 5.02 Å². The highest BCUT2D eigenvalue weighted by atomic mass is 79.9. The van der Waals surface area contributed by atoms with E-state index in [1.54, 1.807) is 36.7 Å². The second-order valence-electron chi connectivity index (χ2n) is 3.45. The first-order chi connectivity index (χ1) is 8.56. The molecule has 3 nitrogen and oxygen atoms in total. The molecule has 0 fully saturated rings. The van der Waals surface area contributed by atoms with E-state index >= 15 is 0 Å².